The molecule has 0 saturated heterocycles. The molecule has 6 heteroatoms. The van der Waals surface area contributed by atoms with Gasteiger partial charge in [0.05, 0.1) is 5.56 Å². The highest BCUT2D eigenvalue weighted by molar-refractivity contribution is 7.15. The van der Waals surface area contributed by atoms with Crippen molar-refractivity contribution in [1.29, 1.82) is 0 Å². The van der Waals surface area contributed by atoms with E-state index in [1.54, 1.807) is 24.3 Å². The van der Waals surface area contributed by atoms with Crippen LogP contribution in [0.5, 0.6) is 0 Å². The van der Waals surface area contributed by atoms with E-state index in [4.69, 9.17) is 0 Å². The Morgan fingerprint density at radius 2 is 1.64 bits per heavy atom. The maximum absolute atomic E-state index is 13.0. The molecule has 1 heterocycles. The number of carbonyl (C=O) groups is 2. The molecule has 126 valence electrons. The van der Waals surface area contributed by atoms with Crippen molar-refractivity contribution in [2.45, 2.75) is 20.8 Å². The fraction of sp³-hybridized carbons (Fsp3) is 0.158. The van der Waals surface area contributed by atoms with Gasteiger partial charge in [-0.1, -0.05) is 47.2 Å². The number of aryl methyl sites for hydroxylation is 3. The number of hydrogen-bond acceptors (Lipinski definition) is 5. The van der Waals surface area contributed by atoms with Gasteiger partial charge in [0.15, 0.2) is 5.78 Å². The van der Waals surface area contributed by atoms with Crippen LogP contribution in [-0.4, -0.2) is 21.9 Å². The van der Waals surface area contributed by atoms with Crippen LogP contribution in [0, 0.1) is 20.8 Å². The number of nitrogens with zero attached hydrogens (tertiary/aromatic N) is 2. The molecule has 0 aliphatic rings. The molecule has 25 heavy (non-hydrogen) atoms. The first kappa shape index (κ1) is 17.0. The third-order valence-corrected chi connectivity index (χ3v) is 4.55. The summed E-state index contributed by atoms with van der Waals surface area (Å²) in [6.07, 6.45) is 0. The van der Waals surface area contributed by atoms with E-state index in [0.717, 1.165) is 16.1 Å². The van der Waals surface area contributed by atoms with Crippen molar-refractivity contribution in [3.05, 3.63) is 75.3 Å². The maximum atomic E-state index is 13.0. The number of ketones is 1. The van der Waals surface area contributed by atoms with Gasteiger partial charge in [-0.15, -0.1) is 10.2 Å². The summed E-state index contributed by atoms with van der Waals surface area (Å²) in [7, 11) is 0. The van der Waals surface area contributed by atoms with E-state index in [1.807, 2.05) is 39.0 Å². The van der Waals surface area contributed by atoms with Crippen LogP contribution in [-0.2, 0) is 0 Å². The molecule has 1 amide bonds. The number of rotatable bonds is 4. The van der Waals surface area contributed by atoms with Gasteiger partial charge in [0, 0.05) is 11.1 Å². The first-order chi connectivity index (χ1) is 12.0. The zero-order valence-electron chi connectivity index (χ0n) is 14.2. The molecule has 2 aromatic carbocycles. The minimum atomic E-state index is -0.370. The van der Waals surface area contributed by atoms with Gasteiger partial charge in [-0.25, -0.2) is 0 Å². The Bertz CT molecular complexity index is 963. The number of hydrogen-bond donors (Lipinski definition) is 1. The lowest BCUT2D eigenvalue weighted by Gasteiger charge is -2.10. The maximum Gasteiger partial charge on any atom is 0.258 e. The van der Waals surface area contributed by atoms with Crippen LogP contribution in [0.25, 0.3) is 0 Å². The van der Waals surface area contributed by atoms with Crippen molar-refractivity contribution in [3.8, 4) is 0 Å². The van der Waals surface area contributed by atoms with Crippen LogP contribution in [0.4, 0.5) is 5.13 Å². The Morgan fingerprint density at radius 3 is 2.32 bits per heavy atom. The largest absolute Gasteiger partial charge is 0.296 e. The van der Waals surface area contributed by atoms with Crippen molar-refractivity contribution in [2.75, 3.05) is 5.32 Å². The topological polar surface area (TPSA) is 72.0 Å². The van der Waals surface area contributed by atoms with Crippen LogP contribution in [0.1, 0.15) is 42.4 Å². The molecular formula is C19H17N3O2S. The van der Waals surface area contributed by atoms with Crippen LogP contribution >= 0.6 is 11.3 Å². The zero-order valence-corrected chi connectivity index (χ0v) is 15.0. The Balaban J connectivity index is 1.96. The predicted molar refractivity (Wildman–Crippen MR) is 98.4 cm³/mol. The average molecular weight is 351 g/mol. The van der Waals surface area contributed by atoms with E-state index in [9.17, 15) is 9.59 Å². The third kappa shape index (κ3) is 3.64. The van der Waals surface area contributed by atoms with Gasteiger partial charge < -0.3 is 0 Å². The van der Waals surface area contributed by atoms with Crippen molar-refractivity contribution < 1.29 is 9.59 Å². The second-order valence-corrected chi connectivity index (χ2v) is 6.96. The molecular weight excluding hydrogens is 334 g/mol. The second kappa shape index (κ2) is 6.94. The van der Waals surface area contributed by atoms with Gasteiger partial charge in [-0.2, -0.15) is 0 Å². The molecule has 0 bridgehead atoms. The Labute approximate surface area is 149 Å². The van der Waals surface area contributed by atoms with Crippen molar-refractivity contribution in [3.63, 3.8) is 0 Å². The summed E-state index contributed by atoms with van der Waals surface area (Å²) in [5.74, 6) is -0.536. The lowest BCUT2D eigenvalue weighted by molar-refractivity contribution is 0.0996. The molecule has 0 aliphatic carbocycles. The molecule has 1 N–H and O–H groups in total. The monoisotopic (exact) mass is 351 g/mol. The van der Waals surface area contributed by atoms with E-state index < -0.39 is 0 Å². The summed E-state index contributed by atoms with van der Waals surface area (Å²) in [5.41, 5.74) is 3.17. The molecule has 0 fully saturated rings. The highest BCUT2D eigenvalue weighted by Crippen LogP contribution is 2.21. The molecule has 0 spiro atoms. The smallest absolute Gasteiger partial charge is 0.258 e. The Hall–Kier alpha value is -2.86. The van der Waals surface area contributed by atoms with Gasteiger partial charge in [-0.05, 0) is 38.5 Å². The van der Waals surface area contributed by atoms with Crippen molar-refractivity contribution in [2.24, 2.45) is 0 Å². The van der Waals surface area contributed by atoms with Crippen molar-refractivity contribution in [1.82, 2.24) is 10.2 Å². The second-order valence-electron chi connectivity index (χ2n) is 5.77. The van der Waals surface area contributed by atoms with Gasteiger partial charge in [-0.3, -0.25) is 14.9 Å². The van der Waals surface area contributed by atoms with Gasteiger partial charge in [0.1, 0.15) is 5.01 Å². The normalized spacial score (nSPS) is 10.5. The van der Waals surface area contributed by atoms with Gasteiger partial charge in [0.2, 0.25) is 5.13 Å². The fourth-order valence-electron chi connectivity index (χ4n) is 2.52. The van der Waals surface area contributed by atoms with Gasteiger partial charge >= 0.3 is 0 Å². The number of benzene rings is 2. The zero-order chi connectivity index (χ0) is 18.0. The van der Waals surface area contributed by atoms with E-state index in [0.29, 0.717) is 21.8 Å². The number of carbonyl (C=O) groups excluding carboxylic acids is 2. The fourth-order valence-corrected chi connectivity index (χ4v) is 3.10. The highest BCUT2D eigenvalue weighted by atomic mass is 32.1. The van der Waals surface area contributed by atoms with Crippen molar-refractivity contribution >= 4 is 28.2 Å². The van der Waals surface area contributed by atoms with Crippen LogP contribution < -0.4 is 5.32 Å². The Kier molecular flexibility index (Phi) is 4.72. The summed E-state index contributed by atoms with van der Waals surface area (Å²) in [6, 6.07) is 12.5. The number of aromatic nitrogens is 2. The standard InChI is InChI=1S/C19H17N3O2S/c1-11-8-9-12(2)16(10-11)17(23)14-6-4-5-7-15(14)18(24)20-19-22-21-13(3)25-19/h4-10H,1-3H3,(H,20,22,24). The summed E-state index contributed by atoms with van der Waals surface area (Å²) in [6.45, 7) is 5.64. The Morgan fingerprint density at radius 1 is 0.920 bits per heavy atom. The summed E-state index contributed by atoms with van der Waals surface area (Å²) < 4.78 is 0. The summed E-state index contributed by atoms with van der Waals surface area (Å²) in [5, 5.41) is 11.6. The molecule has 3 rings (SSSR count). The number of anilines is 1. The SMILES string of the molecule is Cc1ccc(C)c(C(=O)c2ccccc2C(=O)Nc2nnc(C)s2)c1. The summed E-state index contributed by atoms with van der Waals surface area (Å²) in [4.78, 5) is 25.6. The van der Waals surface area contributed by atoms with E-state index in [2.05, 4.69) is 15.5 Å². The predicted octanol–water partition coefficient (Wildman–Crippen LogP) is 3.95. The van der Waals surface area contributed by atoms with Crippen LogP contribution in [0.3, 0.4) is 0 Å². The molecule has 0 aliphatic heterocycles. The first-order valence-electron chi connectivity index (χ1n) is 7.78. The van der Waals surface area contributed by atoms with E-state index >= 15 is 0 Å². The van der Waals surface area contributed by atoms with E-state index in [-0.39, 0.29) is 11.7 Å². The molecule has 0 unspecified atom stereocenters. The molecule has 5 nitrogen and oxygen atoms in total. The van der Waals surface area contributed by atoms with Crippen LogP contribution in [0.15, 0.2) is 42.5 Å². The lowest BCUT2D eigenvalue weighted by atomic mass is 9.94. The molecule has 0 radical (unpaired) electrons. The minimum absolute atomic E-state index is 0.166. The summed E-state index contributed by atoms with van der Waals surface area (Å²) >= 11 is 1.29. The molecule has 0 atom stereocenters. The van der Waals surface area contributed by atoms with E-state index in [1.165, 1.54) is 11.3 Å². The highest BCUT2D eigenvalue weighted by Gasteiger charge is 2.20. The molecule has 3 aromatic rings. The number of nitrogens with one attached hydrogen (secondary N) is 1. The molecule has 0 saturated carbocycles. The third-order valence-electron chi connectivity index (χ3n) is 3.80. The number of amides is 1. The van der Waals surface area contributed by atoms with Crippen LogP contribution in [0.2, 0.25) is 0 Å². The molecule has 1 aromatic heterocycles. The quantitative estimate of drug-likeness (QED) is 0.723. The lowest BCUT2D eigenvalue weighted by Crippen LogP contribution is -2.17. The first-order valence-corrected chi connectivity index (χ1v) is 8.60. The average Bonchev–Trinajstić information content (AvgIpc) is 3.01. The van der Waals surface area contributed by atoms with Gasteiger partial charge in [0.25, 0.3) is 5.91 Å². The minimum Gasteiger partial charge on any atom is -0.296 e.